The van der Waals surface area contributed by atoms with Gasteiger partial charge in [-0.3, -0.25) is 9.78 Å². The predicted octanol–water partition coefficient (Wildman–Crippen LogP) is 1.90. The summed E-state index contributed by atoms with van der Waals surface area (Å²) in [5, 5.41) is 22.3. The largest absolute Gasteiger partial charge is 0.497 e. The fourth-order valence-corrected chi connectivity index (χ4v) is 2.70. The van der Waals surface area contributed by atoms with Crippen molar-refractivity contribution in [3.05, 3.63) is 54.0 Å². The first-order valence-electron chi connectivity index (χ1n) is 7.92. The van der Waals surface area contributed by atoms with Crippen LogP contribution >= 0.6 is 0 Å². The van der Waals surface area contributed by atoms with Crippen LogP contribution in [0.25, 0.3) is 22.0 Å². The van der Waals surface area contributed by atoms with Gasteiger partial charge in [0.2, 0.25) is 0 Å². The van der Waals surface area contributed by atoms with Gasteiger partial charge in [0.05, 0.1) is 19.4 Å². The zero-order chi connectivity index (χ0) is 18.5. The molecule has 0 fully saturated rings. The van der Waals surface area contributed by atoms with Crippen molar-refractivity contribution in [2.75, 3.05) is 20.3 Å². The molecule has 26 heavy (non-hydrogen) atoms. The first-order valence-corrected chi connectivity index (χ1v) is 7.92. The van der Waals surface area contributed by atoms with Gasteiger partial charge in [-0.1, -0.05) is 6.07 Å². The van der Waals surface area contributed by atoms with Crippen molar-refractivity contribution in [2.24, 2.45) is 0 Å². The topological polar surface area (TPSA) is 108 Å². The molecule has 0 atom stereocenters. The molecule has 3 aromatic rings. The average molecular weight is 348 g/mol. The molecule has 7 nitrogen and oxygen atoms in total. The third-order valence-electron chi connectivity index (χ3n) is 3.85. The number of aliphatic hydroxyl groups excluding tert-OH is 1. The summed E-state index contributed by atoms with van der Waals surface area (Å²) in [5.41, 5.74) is 1.34. The Morgan fingerprint density at radius 1 is 1.31 bits per heavy atom. The Kier molecular flexibility index (Phi) is 5.06. The number of carbonyl (C=O) groups is 1. The second kappa shape index (κ2) is 7.59. The Morgan fingerprint density at radius 3 is 2.81 bits per heavy atom. The zero-order valence-electron chi connectivity index (χ0n) is 14.1. The number of amides is 1. The number of rotatable bonds is 5. The fraction of sp³-hybridized carbons (Fsp3) is 0.158. The maximum absolute atomic E-state index is 12.4. The Hall–Kier alpha value is -3.50. The SMILES string of the molecule is COc1ccc2c(C(=O)NCCO)nc(C#N)c(-c3ccccn3)c2c1. The average Bonchev–Trinajstić information content (AvgIpc) is 2.70. The molecule has 0 bridgehead atoms. The number of aromatic nitrogens is 2. The molecule has 2 heterocycles. The number of benzene rings is 1. The van der Waals surface area contributed by atoms with Crippen LogP contribution in [0.3, 0.4) is 0 Å². The first kappa shape index (κ1) is 17.3. The van der Waals surface area contributed by atoms with E-state index in [9.17, 15) is 10.1 Å². The molecule has 130 valence electrons. The molecule has 0 aliphatic heterocycles. The summed E-state index contributed by atoms with van der Waals surface area (Å²) in [6.07, 6.45) is 1.63. The van der Waals surface area contributed by atoms with Gasteiger partial charge in [0, 0.05) is 29.1 Å². The minimum atomic E-state index is -0.460. The molecule has 7 heteroatoms. The van der Waals surface area contributed by atoms with Gasteiger partial charge in [0.25, 0.3) is 5.91 Å². The zero-order valence-corrected chi connectivity index (χ0v) is 14.1. The van der Waals surface area contributed by atoms with Crippen molar-refractivity contribution in [3.63, 3.8) is 0 Å². The van der Waals surface area contributed by atoms with Crippen LogP contribution in [0, 0.1) is 11.3 Å². The molecule has 2 aromatic heterocycles. The second-order valence-electron chi connectivity index (χ2n) is 5.40. The molecule has 0 unspecified atom stereocenters. The lowest BCUT2D eigenvalue weighted by Crippen LogP contribution is -2.27. The van der Waals surface area contributed by atoms with Crippen LogP contribution in [0.2, 0.25) is 0 Å². The second-order valence-corrected chi connectivity index (χ2v) is 5.40. The van der Waals surface area contributed by atoms with E-state index in [1.807, 2.05) is 6.07 Å². The number of aliphatic hydroxyl groups is 1. The Bertz CT molecular complexity index is 997. The number of nitrogens with one attached hydrogen (secondary N) is 1. The van der Waals surface area contributed by atoms with E-state index in [0.717, 1.165) is 0 Å². The van der Waals surface area contributed by atoms with Gasteiger partial charge in [-0.15, -0.1) is 0 Å². The van der Waals surface area contributed by atoms with Gasteiger partial charge < -0.3 is 15.2 Å². The standard InChI is InChI=1S/C19H16N4O3/c1-26-12-5-6-13-14(10-12)17(15-4-2-3-7-21-15)16(11-20)23-18(13)19(25)22-8-9-24/h2-7,10,24H,8-9H2,1H3,(H,22,25). The van der Waals surface area contributed by atoms with E-state index >= 15 is 0 Å². The van der Waals surface area contributed by atoms with Crippen molar-refractivity contribution >= 4 is 16.7 Å². The number of fused-ring (bicyclic) bond motifs is 1. The quantitative estimate of drug-likeness (QED) is 0.729. The normalized spacial score (nSPS) is 10.3. The highest BCUT2D eigenvalue weighted by Gasteiger charge is 2.20. The molecule has 0 aliphatic carbocycles. The van der Waals surface area contributed by atoms with Gasteiger partial charge in [-0.25, -0.2) is 4.98 Å². The van der Waals surface area contributed by atoms with Crippen molar-refractivity contribution in [3.8, 4) is 23.1 Å². The number of methoxy groups -OCH3 is 1. The summed E-state index contributed by atoms with van der Waals surface area (Å²) in [7, 11) is 1.54. The highest BCUT2D eigenvalue weighted by atomic mass is 16.5. The van der Waals surface area contributed by atoms with Gasteiger partial charge in [0.15, 0.2) is 5.69 Å². The summed E-state index contributed by atoms with van der Waals surface area (Å²) < 4.78 is 5.29. The van der Waals surface area contributed by atoms with Crippen molar-refractivity contribution in [1.82, 2.24) is 15.3 Å². The highest BCUT2D eigenvalue weighted by molar-refractivity contribution is 6.10. The first-order chi connectivity index (χ1) is 12.7. The number of hydrogen-bond acceptors (Lipinski definition) is 6. The molecule has 3 rings (SSSR count). The number of hydrogen-bond donors (Lipinski definition) is 2. The van der Waals surface area contributed by atoms with Crippen LogP contribution in [0.1, 0.15) is 16.2 Å². The molecule has 1 aromatic carbocycles. The van der Waals surface area contributed by atoms with E-state index in [2.05, 4.69) is 21.4 Å². The number of ether oxygens (including phenoxy) is 1. The van der Waals surface area contributed by atoms with E-state index in [1.165, 1.54) is 0 Å². The highest BCUT2D eigenvalue weighted by Crippen LogP contribution is 2.33. The van der Waals surface area contributed by atoms with E-state index < -0.39 is 5.91 Å². The molecule has 2 N–H and O–H groups in total. The third kappa shape index (κ3) is 3.18. The molecular formula is C19H16N4O3. The molecular weight excluding hydrogens is 332 g/mol. The molecule has 0 saturated heterocycles. The Balaban J connectivity index is 2.33. The molecule has 1 amide bonds. The van der Waals surface area contributed by atoms with Crippen LogP contribution in [-0.4, -0.2) is 41.2 Å². The molecule has 0 radical (unpaired) electrons. The van der Waals surface area contributed by atoms with E-state index in [4.69, 9.17) is 9.84 Å². The number of pyridine rings is 2. The molecule has 0 aliphatic rings. The maximum Gasteiger partial charge on any atom is 0.270 e. The van der Waals surface area contributed by atoms with Crippen LogP contribution in [0.5, 0.6) is 5.75 Å². The van der Waals surface area contributed by atoms with Crippen LogP contribution in [0.15, 0.2) is 42.6 Å². The smallest absolute Gasteiger partial charge is 0.270 e. The minimum Gasteiger partial charge on any atom is -0.497 e. The fourth-order valence-electron chi connectivity index (χ4n) is 2.70. The van der Waals surface area contributed by atoms with E-state index in [0.29, 0.717) is 27.8 Å². The van der Waals surface area contributed by atoms with Crippen molar-refractivity contribution in [1.29, 1.82) is 5.26 Å². The van der Waals surface area contributed by atoms with Crippen molar-refractivity contribution < 1.29 is 14.6 Å². The summed E-state index contributed by atoms with van der Waals surface area (Å²) in [6.45, 7) is -0.0866. The van der Waals surface area contributed by atoms with E-state index in [-0.39, 0.29) is 24.5 Å². The van der Waals surface area contributed by atoms with Gasteiger partial charge >= 0.3 is 0 Å². The maximum atomic E-state index is 12.4. The van der Waals surface area contributed by atoms with Crippen LogP contribution < -0.4 is 10.1 Å². The van der Waals surface area contributed by atoms with Gasteiger partial charge in [-0.05, 0) is 30.3 Å². The van der Waals surface area contributed by atoms with Gasteiger partial charge in [0.1, 0.15) is 17.5 Å². The number of carbonyl (C=O) groups excluding carboxylic acids is 1. The summed E-state index contributed by atoms with van der Waals surface area (Å²) >= 11 is 0. The van der Waals surface area contributed by atoms with Gasteiger partial charge in [-0.2, -0.15) is 5.26 Å². The lowest BCUT2D eigenvalue weighted by molar-refractivity contribution is 0.0941. The minimum absolute atomic E-state index is 0.0959. The number of nitrogens with zero attached hydrogens (tertiary/aromatic N) is 3. The third-order valence-corrected chi connectivity index (χ3v) is 3.85. The van der Waals surface area contributed by atoms with Crippen molar-refractivity contribution in [2.45, 2.75) is 0 Å². The molecule has 0 saturated carbocycles. The Labute approximate surface area is 149 Å². The van der Waals surface area contributed by atoms with Crippen LogP contribution in [-0.2, 0) is 0 Å². The van der Waals surface area contributed by atoms with Crippen LogP contribution in [0.4, 0.5) is 0 Å². The lowest BCUT2D eigenvalue weighted by atomic mass is 9.98. The Morgan fingerprint density at radius 2 is 2.15 bits per heavy atom. The monoisotopic (exact) mass is 348 g/mol. The van der Waals surface area contributed by atoms with E-state index in [1.54, 1.807) is 43.6 Å². The lowest BCUT2D eigenvalue weighted by Gasteiger charge is -2.13. The molecule has 0 spiro atoms. The predicted molar refractivity (Wildman–Crippen MR) is 95.7 cm³/mol. The summed E-state index contributed by atoms with van der Waals surface area (Å²) in [5.74, 6) is 0.129. The number of nitriles is 1. The summed E-state index contributed by atoms with van der Waals surface area (Å²) in [6, 6.07) is 12.6. The summed E-state index contributed by atoms with van der Waals surface area (Å²) in [4.78, 5) is 21.0.